The van der Waals surface area contributed by atoms with E-state index in [0.717, 1.165) is 31.5 Å². The van der Waals surface area contributed by atoms with Gasteiger partial charge in [0.05, 0.1) is 11.6 Å². The van der Waals surface area contributed by atoms with Crippen LogP contribution in [0.2, 0.25) is 0 Å². The topological polar surface area (TPSA) is 47.3 Å². The Hall–Kier alpha value is -1.53. The summed E-state index contributed by atoms with van der Waals surface area (Å²) in [6, 6.07) is 7.98. The fourth-order valence-electron chi connectivity index (χ4n) is 2.51. The summed E-state index contributed by atoms with van der Waals surface area (Å²) in [6.07, 6.45) is 2.24. The standard InChI is InChI=1S/C14H18N2O/c1-11-7-12(8-15)4-5-14(11)16-6-2-3-13(9-16)10-17/h4-5,7,13,17H,2-3,6,9-10H2,1H3. The number of rotatable bonds is 2. The van der Waals surface area contributed by atoms with E-state index < -0.39 is 0 Å². The van der Waals surface area contributed by atoms with Crippen molar-refractivity contribution in [3.63, 3.8) is 0 Å². The largest absolute Gasteiger partial charge is 0.396 e. The van der Waals surface area contributed by atoms with Gasteiger partial charge < -0.3 is 10.0 Å². The van der Waals surface area contributed by atoms with Crippen molar-refractivity contribution >= 4 is 5.69 Å². The van der Waals surface area contributed by atoms with E-state index in [1.807, 2.05) is 25.1 Å². The fraction of sp³-hybridized carbons (Fsp3) is 0.500. The van der Waals surface area contributed by atoms with Crippen LogP contribution in [0.1, 0.15) is 24.0 Å². The Bertz CT molecular complexity index is 436. The van der Waals surface area contributed by atoms with Gasteiger partial charge in [-0.1, -0.05) is 0 Å². The van der Waals surface area contributed by atoms with Crippen LogP contribution in [0.4, 0.5) is 5.69 Å². The van der Waals surface area contributed by atoms with Gasteiger partial charge in [0, 0.05) is 25.4 Å². The third-order valence-electron chi connectivity index (χ3n) is 3.44. The molecule has 1 aliphatic rings. The molecule has 1 N–H and O–H groups in total. The Morgan fingerprint density at radius 1 is 1.53 bits per heavy atom. The van der Waals surface area contributed by atoms with E-state index in [0.29, 0.717) is 11.5 Å². The minimum absolute atomic E-state index is 0.270. The van der Waals surface area contributed by atoms with Crippen molar-refractivity contribution < 1.29 is 5.11 Å². The molecule has 0 amide bonds. The van der Waals surface area contributed by atoms with Gasteiger partial charge in [0.15, 0.2) is 0 Å². The Labute approximate surface area is 102 Å². The molecule has 1 aliphatic heterocycles. The molecule has 1 unspecified atom stereocenters. The van der Waals surface area contributed by atoms with Crippen LogP contribution in [-0.2, 0) is 0 Å². The quantitative estimate of drug-likeness (QED) is 0.846. The van der Waals surface area contributed by atoms with Gasteiger partial charge in [-0.3, -0.25) is 0 Å². The molecular formula is C14H18N2O. The lowest BCUT2D eigenvalue weighted by molar-refractivity contribution is 0.208. The Kier molecular flexibility index (Phi) is 3.65. The number of aliphatic hydroxyl groups is 1. The number of nitrogens with zero attached hydrogens (tertiary/aromatic N) is 2. The van der Waals surface area contributed by atoms with Crippen LogP contribution in [0.3, 0.4) is 0 Å². The predicted molar refractivity (Wildman–Crippen MR) is 67.9 cm³/mol. The van der Waals surface area contributed by atoms with Crippen LogP contribution in [-0.4, -0.2) is 24.8 Å². The van der Waals surface area contributed by atoms with E-state index in [1.165, 1.54) is 5.69 Å². The van der Waals surface area contributed by atoms with Crippen LogP contribution in [0, 0.1) is 24.2 Å². The highest BCUT2D eigenvalue weighted by Crippen LogP contribution is 2.26. The van der Waals surface area contributed by atoms with E-state index in [-0.39, 0.29) is 6.61 Å². The highest BCUT2D eigenvalue weighted by molar-refractivity contribution is 5.56. The first-order chi connectivity index (χ1) is 8.24. The van der Waals surface area contributed by atoms with Crippen LogP contribution in [0.25, 0.3) is 0 Å². The number of aryl methyl sites for hydroxylation is 1. The summed E-state index contributed by atoms with van der Waals surface area (Å²) in [7, 11) is 0. The van der Waals surface area contributed by atoms with Crippen molar-refractivity contribution in [3.05, 3.63) is 29.3 Å². The zero-order valence-electron chi connectivity index (χ0n) is 10.2. The van der Waals surface area contributed by atoms with Crippen LogP contribution in [0.15, 0.2) is 18.2 Å². The van der Waals surface area contributed by atoms with Crippen molar-refractivity contribution in [1.29, 1.82) is 5.26 Å². The maximum atomic E-state index is 9.24. The fourth-order valence-corrected chi connectivity index (χ4v) is 2.51. The number of hydrogen-bond donors (Lipinski definition) is 1. The average molecular weight is 230 g/mol. The molecule has 1 saturated heterocycles. The van der Waals surface area contributed by atoms with Crippen molar-refractivity contribution in [2.75, 3.05) is 24.6 Å². The van der Waals surface area contributed by atoms with Gasteiger partial charge in [0.25, 0.3) is 0 Å². The van der Waals surface area contributed by atoms with Gasteiger partial charge in [-0.2, -0.15) is 5.26 Å². The average Bonchev–Trinajstić information content (AvgIpc) is 2.38. The second kappa shape index (κ2) is 5.20. The molecule has 3 heteroatoms. The summed E-state index contributed by atoms with van der Waals surface area (Å²) in [6.45, 7) is 4.27. The van der Waals surface area contributed by atoms with E-state index in [2.05, 4.69) is 11.0 Å². The lowest BCUT2D eigenvalue weighted by Crippen LogP contribution is -2.37. The number of hydrogen-bond acceptors (Lipinski definition) is 3. The van der Waals surface area contributed by atoms with Gasteiger partial charge in [0.2, 0.25) is 0 Å². The van der Waals surface area contributed by atoms with Gasteiger partial charge >= 0.3 is 0 Å². The molecule has 0 radical (unpaired) electrons. The molecule has 1 atom stereocenters. The van der Waals surface area contributed by atoms with E-state index in [4.69, 9.17) is 5.26 Å². The minimum Gasteiger partial charge on any atom is -0.396 e. The second-order valence-electron chi connectivity index (χ2n) is 4.75. The molecule has 17 heavy (non-hydrogen) atoms. The normalized spacial score (nSPS) is 20.1. The first-order valence-electron chi connectivity index (χ1n) is 6.11. The zero-order valence-corrected chi connectivity index (χ0v) is 10.2. The summed E-state index contributed by atoms with van der Waals surface area (Å²) in [5.41, 5.74) is 3.05. The number of aliphatic hydroxyl groups excluding tert-OH is 1. The van der Waals surface area contributed by atoms with E-state index >= 15 is 0 Å². The Morgan fingerprint density at radius 2 is 2.35 bits per heavy atom. The van der Waals surface area contributed by atoms with Gasteiger partial charge in [-0.05, 0) is 49.4 Å². The number of anilines is 1. The molecule has 90 valence electrons. The number of nitriles is 1. The molecule has 0 aliphatic carbocycles. The first kappa shape index (κ1) is 11.9. The number of benzene rings is 1. The molecule has 1 aromatic rings. The summed E-state index contributed by atoms with van der Waals surface area (Å²) in [5.74, 6) is 0.388. The third-order valence-corrected chi connectivity index (χ3v) is 3.44. The van der Waals surface area contributed by atoms with Crippen molar-refractivity contribution in [2.24, 2.45) is 5.92 Å². The van der Waals surface area contributed by atoms with Crippen LogP contribution >= 0.6 is 0 Å². The van der Waals surface area contributed by atoms with Crippen molar-refractivity contribution in [1.82, 2.24) is 0 Å². The summed E-state index contributed by atoms with van der Waals surface area (Å²) in [4.78, 5) is 2.32. The second-order valence-corrected chi connectivity index (χ2v) is 4.75. The van der Waals surface area contributed by atoms with Crippen LogP contribution < -0.4 is 4.90 Å². The highest BCUT2D eigenvalue weighted by atomic mass is 16.3. The van der Waals surface area contributed by atoms with Crippen molar-refractivity contribution in [2.45, 2.75) is 19.8 Å². The Balaban J connectivity index is 2.19. The first-order valence-corrected chi connectivity index (χ1v) is 6.11. The minimum atomic E-state index is 0.270. The smallest absolute Gasteiger partial charge is 0.0991 e. The molecule has 2 rings (SSSR count). The lowest BCUT2D eigenvalue weighted by Gasteiger charge is -2.34. The number of piperidine rings is 1. The molecule has 0 bridgehead atoms. The summed E-state index contributed by atoms with van der Waals surface area (Å²) >= 11 is 0. The van der Waals surface area contributed by atoms with Gasteiger partial charge in [-0.15, -0.1) is 0 Å². The van der Waals surface area contributed by atoms with E-state index in [1.54, 1.807) is 0 Å². The maximum absolute atomic E-state index is 9.24. The summed E-state index contributed by atoms with van der Waals surface area (Å²) in [5, 5.41) is 18.1. The molecule has 0 aromatic heterocycles. The maximum Gasteiger partial charge on any atom is 0.0991 e. The molecule has 3 nitrogen and oxygen atoms in total. The van der Waals surface area contributed by atoms with Gasteiger partial charge in [0.1, 0.15) is 0 Å². The zero-order chi connectivity index (χ0) is 12.3. The highest BCUT2D eigenvalue weighted by Gasteiger charge is 2.20. The molecular weight excluding hydrogens is 212 g/mol. The third kappa shape index (κ3) is 2.59. The Morgan fingerprint density at radius 3 is 3.00 bits per heavy atom. The predicted octanol–water partition coefficient (Wildman–Crippen LogP) is 2.08. The molecule has 1 aromatic carbocycles. The summed E-state index contributed by atoms with van der Waals surface area (Å²) < 4.78 is 0. The molecule has 0 saturated carbocycles. The van der Waals surface area contributed by atoms with Gasteiger partial charge in [-0.25, -0.2) is 0 Å². The molecule has 1 fully saturated rings. The van der Waals surface area contributed by atoms with Crippen LogP contribution in [0.5, 0.6) is 0 Å². The molecule has 0 spiro atoms. The van der Waals surface area contributed by atoms with Crippen molar-refractivity contribution in [3.8, 4) is 6.07 Å². The monoisotopic (exact) mass is 230 g/mol. The lowest BCUT2D eigenvalue weighted by atomic mass is 9.97. The SMILES string of the molecule is Cc1cc(C#N)ccc1N1CCCC(CO)C1. The van der Waals surface area contributed by atoms with E-state index in [9.17, 15) is 5.11 Å². The molecule has 1 heterocycles.